The highest BCUT2D eigenvalue weighted by molar-refractivity contribution is 6.32. The summed E-state index contributed by atoms with van der Waals surface area (Å²) in [5.41, 5.74) is -3.38. The molecule has 3 rings (SSSR count). The van der Waals surface area contributed by atoms with Crippen LogP contribution >= 0.6 is 11.6 Å². The molecule has 10 heteroatoms. The molecule has 1 heterocycles. The van der Waals surface area contributed by atoms with E-state index in [0.717, 1.165) is 6.08 Å². The number of halogens is 4. The maximum Gasteiger partial charge on any atom is 0.416 e. The Morgan fingerprint density at radius 2 is 1.69 bits per heavy atom. The van der Waals surface area contributed by atoms with Gasteiger partial charge in [-0.25, -0.2) is 4.79 Å². The molecule has 0 aliphatic carbocycles. The number of alkyl halides is 3. The van der Waals surface area contributed by atoms with E-state index in [-0.39, 0.29) is 28.7 Å². The van der Waals surface area contributed by atoms with Crippen LogP contribution < -0.4 is 18.9 Å². The second-order valence-electron chi connectivity index (χ2n) is 9.05. The molecule has 0 aromatic heterocycles. The van der Waals surface area contributed by atoms with Crippen molar-refractivity contribution >= 4 is 23.1 Å². The van der Waals surface area contributed by atoms with Gasteiger partial charge in [-0.2, -0.15) is 13.2 Å². The SMILES string of the molecule is CCC(C)(Oc1ccc(OCCCOc2cc3c(cc2Cl)C(C(F)(F)F)=CC(C)(C)O3)cc1)C(=O)O. The number of aliphatic carboxylic acids is 1. The molecule has 1 unspecified atom stereocenters. The Labute approximate surface area is 212 Å². The first kappa shape index (κ1) is 27.5. The van der Waals surface area contributed by atoms with Crippen LogP contribution in [-0.4, -0.2) is 41.7 Å². The molecule has 2 aromatic rings. The molecule has 1 aliphatic rings. The Morgan fingerprint density at radius 3 is 2.28 bits per heavy atom. The molecule has 6 nitrogen and oxygen atoms in total. The minimum atomic E-state index is -4.55. The van der Waals surface area contributed by atoms with Gasteiger partial charge in [0, 0.05) is 18.1 Å². The summed E-state index contributed by atoms with van der Waals surface area (Å²) >= 11 is 6.19. The number of rotatable bonds is 10. The van der Waals surface area contributed by atoms with E-state index in [1.165, 1.54) is 19.1 Å². The molecule has 0 bridgehead atoms. The van der Waals surface area contributed by atoms with Crippen LogP contribution in [0.4, 0.5) is 13.2 Å². The molecule has 0 radical (unpaired) electrons. The second-order valence-corrected chi connectivity index (χ2v) is 9.46. The lowest BCUT2D eigenvalue weighted by Crippen LogP contribution is -2.40. The van der Waals surface area contributed by atoms with Crippen LogP contribution in [0.1, 0.15) is 46.1 Å². The monoisotopic (exact) mass is 528 g/mol. The lowest BCUT2D eigenvalue weighted by Gasteiger charge is -2.32. The first-order chi connectivity index (χ1) is 16.7. The number of benzene rings is 2. The standard InChI is InChI=1S/C26H28ClF3O6/c1-5-25(4,23(31)32)35-17-9-7-16(8-10-17)33-11-6-12-34-22-14-21-18(13-20(22)27)19(26(28,29)30)15-24(2,3)36-21/h7-10,13-15H,5-6,11-12H2,1-4H3,(H,31,32). The van der Waals surface area contributed by atoms with Crippen LogP contribution in [0.15, 0.2) is 42.5 Å². The predicted octanol–water partition coefficient (Wildman–Crippen LogP) is 6.94. The number of hydrogen-bond donors (Lipinski definition) is 1. The number of hydrogen-bond acceptors (Lipinski definition) is 5. The fourth-order valence-electron chi connectivity index (χ4n) is 3.48. The summed E-state index contributed by atoms with van der Waals surface area (Å²) in [5, 5.41) is 9.36. The maximum absolute atomic E-state index is 13.5. The Bertz CT molecular complexity index is 1130. The van der Waals surface area contributed by atoms with Gasteiger partial charge in [0.1, 0.15) is 28.6 Å². The van der Waals surface area contributed by atoms with Gasteiger partial charge in [0.15, 0.2) is 0 Å². The predicted molar refractivity (Wildman–Crippen MR) is 129 cm³/mol. The molecule has 2 aromatic carbocycles. The lowest BCUT2D eigenvalue weighted by atomic mass is 9.94. The van der Waals surface area contributed by atoms with Crippen molar-refractivity contribution in [1.29, 1.82) is 0 Å². The average Bonchev–Trinajstić information content (AvgIpc) is 2.78. The summed E-state index contributed by atoms with van der Waals surface area (Å²) < 4.78 is 63.2. The molecule has 0 amide bonds. The zero-order valence-corrected chi connectivity index (χ0v) is 21.1. The van der Waals surface area contributed by atoms with Crippen molar-refractivity contribution in [2.45, 2.75) is 57.9 Å². The van der Waals surface area contributed by atoms with E-state index in [1.54, 1.807) is 45.0 Å². The van der Waals surface area contributed by atoms with Crippen molar-refractivity contribution in [3.63, 3.8) is 0 Å². The molecule has 0 saturated heterocycles. The lowest BCUT2D eigenvalue weighted by molar-refractivity contribution is -0.154. The molecular weight excluding hydrogens is 501 g/mol. The van der Waals surface area contributed by atoms with Crippen molar-refractivity contribution < 1.29 is 42.0 Å². The number of ether oxygens (including phenoxy) is 4. The molecule has 0 fully saturated rings. The van der Waals surface area contributed by atoms with E-state index in [0.29, 0.717) is 30.9 Å². The molecule has 196 valence electrons. The molecule has 0 saturated carbocycles. The highest BCUT2D eigenvalue weighted by atomic mass is 35.5. The third-order valence-corrected chi connectivity index (χ3v) is 5.90. The molecule has 1 aliphatic heterocycles. The van der Waals surface area contributed by atoms with Gasteiger partial charge in [0.25, 0.3) is 0 Å². The third kappa shape index (κ3) is 6.57. The molecule has 1 N–H and O–H groups in total. The summed E-state index contributed by atoms with van der Waals surface area (Å²) in [6, 6.07) is 9.16. The quantitative estimate of drug-likeness (QED) is 0.337. The van der Waals surface area contributed by atoms with Gasteiger partial charge < -0.3 is 24.1 Å². The molecular formula is C26H28ClF3O6. The number of fused-ring (bicyclic) bond motifs is 1. The van der Waals surface area contributed by atoms with Gasteiger partial charge in [0.05, 0.1) is 23.8 Å². The van der Waals surface area contributed by atoms with Crippen LogP contribution in [0.5, 0.6) is 23.0 Å². The van der Waals surface area contributed by atoms with Crippen molar-refractivity contribution in [3.05, 3.63) is 53.1 Å². The van der Waals surface area contributed by atoms with Crippen molar-refractivity contribution in [2.24, 2.45) is 0 Å². The fraction of sp³-hybridized carbons (Fsp3) is 0.423. The summed E-state index contributed by atoms with van der Waals surface area (Å²) in [6.45, 7) is 6.83. The summed E-state index contributed by atoms with van der Waals surface area (Å²) in [7, 11) is 0. The largest absolute Gasteiger partial charge is 0.493 e. The normalized spacial score (nSPS) is 16.2. The van der Waals surface area contributed by atoms with Crippen LogP contribution in [0.25, 0.3) is 5.57 Å². The van der Waals surface area contributed by atoms with Crippen molar-refractivity contribution in [2.75, 3.05) is 13.2 Å². The number of carbonyl (C=O) groups is 1. The van der Waals surface area contributed by atoms with Crippen LogP contribution in [-0.2, 0) is 4.79 Å². The van der Waals surface area contributed by atoms with Crippen LogP contribution in [0, 0.1) is 0 Å². The number of carboxylic acid groups (broad SMARTS) is 1. The molecule has 1 atom stereocenters. The summed E-state index contributed by atoms with van der Waals surface area (Å²) in [4.78, 5) is 11.4. The van der Waals surface area contributed by atoms with E-state index in [1.807, 2.05) is 0 Å². The maximum atomic E-state index is 13.5. The fourth-order valence-corrected chi connectivity index (χ4v) is 3.69. The van der Waals surface area contributed by atoms with Crippen molar-refractivity contribution in [1.82, 2.24) is 0 Å². The van der Waals surface area contributed by atoms with Gasteiger partial charge in [-0.15, -0.1) is 0 Å². The first-order valence-electron chi connectivity index (χ1n) is 11.3. The van der Waals surface area contributed by atoms with Gasteiger partial charge in [0.2, 0.25) is 5.60 Å². The highest BCUT2D eigenvalue weighted by Gasteiger charge is 2.42. The van der Waals surface area contributed by atoms with E-state index in [4.69, 9.17) is 30.5 Å². The van der Waals surface area contributed by atoms with Gasteiger partial charge in [-0.05, 0) is 63.6 Å². The smallest absolute Gasteiger partial charge is 0.416 e. The zero-order valence-electron chi connectivity index (χ0n) is 20.4. The Morgan fingerprint density at radius 1 is 1.08 bits per heavy atom. The zero-order chi connectivity index (χ0) is 26.7. The molecule has 0 spiro atoms. The Balaban J connectivity index is 1.54. The summed E-state index contributed by atoms with van der Waals surface area (Å²) in [5.74, 6) is 0.193. The number of carboxylic acids is 1. The van der Waals surface area contributed by atoms with E-state index >= 15 is 0 Å². The molecule has 36 heavy (non-hydrogen) atoms. The number of allylic oxidation sites excluding steroid dienone is 1. The van der Waals surface area contributed by atoms with Crippen LogP contribution in [0.2, 0.25) is 5.02 Å². The van der Waals surface area contributed by atoms with Crippen molar-refractivity contribution in [3.8, 4) is 23.0 Å². The van der Waals surface area contributed by atoms with Gasteiger partial charge in [-0.1, -0.05) is 18.5 Å². The minimum absolute atomic E-state index is 0.0455. The van der Waals surface area contributed by atoms with E-state index in [9.17, 15) is 23.1 Å². The Kier molecular flexibility index (Phi) is 8.03. The highest BCUT2D eigenvalue weighted by Crippen LogP contribution is 2.47. The average molecular weight is 529 g/mol. The second kappa shape index (κ2) is 10.5. The summed E-state index contributed by atoms with van der Waals surface area (Å²) in [6.07, 6.45) is -2.73. The minimum Gasteiger partial charge on any atom is -0.493 e. The topological polar surface area (TPSA) is 74.2 Å². The third-order valence-electron chi connectivity index (χ3n) is 5.60. The van der Waals surface area contributed by atoms with Gasteiger partial charge in [-0.3, -0.25) is 0 Å². The van der Waals surface area contributed by atoms with E-state index in [2.05, 4.69) is 0 Å². The van der Waals surface area contributed by atoms with E-state index < -0.39 is 28.9 Å². The van der Waals surface area contributed by atoms with Gasteiger partial charge >= 0.3 is 12.1 Å². The Hall–Kier alpha value is -3.07. The first-order valence-corrected chi connectivity index (χ1v) is 11.7. The van der Waals surface area contributed by atoms with Crippen LogP contribution in [0.3, 0.4) is 0 Å².